The first kappa shape index (κ1) is 27.2. The fourth-order valence-electron chi connectivity index (χ4n) is 5.78. The molecule has 41 heavy (non-hydrogen) atoms. The van der Waals surface area contributed by atoms with Crippen molar-refractivity contribution in [3.05, 3.63) is 108 Å². The minimum atomic E-state index is -1.40. The number of aromatic nitrogens is 2. The highest BCUT2D eigenvalue weighted by molar-refractivity contribution is 7.82. The van der Waals surface area contributed by atoms with Crippen molar-refractivity contribution in [3.8, 4) is 6.07 Å². The molecular weight excluding hydrogens is 530 g/mol. The van der Waals surface area contributed by atoms with E-state index in [0.717, 1.165) is 54.4 Å². The van der Waals surface area contributed by atoms with Crippen LogP contribution in [-0.2, 0) is 30.5 Å². The van der Waals surface area contributed by atoms with Crippen molar-refractivity contribution in [2.45, 2.75) is 30.4 Å². The maximum Gasteiger partial charge on any atom is 0.128 e. The lowest BCUT2D eigenvalue weighted by Crippen LogP contribution is -2.44. The zero-order chi connectivity index (χ0) is 28.2. The van der Waals surface area contributed by atoms with Crippen LogP contribution in [0.25, 0.3) is 0 Å². The van der Waals surface area contributed by atoms with Crippen molar-refractivity contribution in [1.29, 1.82) is 5.26 Å². The largest absolute Gasteiger partial charge is 0.369 e. The topological polar surface area (TPSA) is 82.5 Å². The monoisotopic (exact) mass is 565 g/mol. The molecule has 0 spiro atoms. The van der Waals surface area contributed by atoms with Gasteiger partial charge in [-0.3, -0.25) is 0 Å². The lowest BCUT2D eigenvalue weighted by molar-refractivity contribution is 0.313. The van der Waals surface area contributed by atoms with E-state index in [1.807, 2.05) is 42.6 Å². The number of anilines is 2. The molecule has 2 aliphatic rings. The Balaban J connectivity index is 1.34. The zero-order valence-corrected chi connectivity index (χ0v) is 24.1. The van der Waals surface area contributed by atoms with E-state index in [9.17, 15) is 9.47 Å². The molecule has 2 aliphatic heterocycles. The average molecular weight is 566 g/mol. The van der Waals surface area contributed by atoms with Gasteiger partial charge in [0, 0.05) is 62.9 Å². The molecule has 2 atom stereocenters. The van der Waals surface area contributed by atoms with E-state index >= 15 is 0 Å². The molecule has 0 bridgehead atoms. The Morgan fingerprint density at radius 2 is 1.80 bits per heavy atom. The molecule has 3 heterocycles. The van der Waals surface area contributed by atoms with Crippen LogP contribution in [0.3, 0.4) is 0 Å². The maximum atomic E-state index is 14.4. The second-order valence-corrected chi connectivity index (χ2v) is 12.3. The van der Waals surface area contributed by atoms with Crippen LogP contribution in [0, 0.1) is 11.3 Å². The van der Waals surface area contributed by atoms with E-state index in [1.165, 1.54) is 11.3 Å². The van der Waals surface area contributed by atoms with Crippen LogP contribution in [-0.4, -0.2) is 69.2 Å². The summed E-state index contributed by atoms with van der Waals surface area (Å²) in [5.74, 6) is 0. The van der Waals surface area contributed by atoms with Crippen molar-refractivity contribution in [3.63, 3.8) is 0 Å². The van der Waals surface area contributed by atoms with Gasteiger partial charge in [-0.2, -0.15) is 5.26 Å². The van der Waals surface area contributed by atoms with Crippen molar-refractivity contribution >= 4 is 22.4 Å². The molecule has 3 aromatic carbocycles. The molecule has 1 fully saturated rings. The molecule has 6 rings (SSSR count). The van der Waals surface area contributed by atoms with E-state index in [1.54, 1.807) is 6.33 Å². The number of benzene rings is 3. The normalized spacial score (nSPS) is 18.9. The fourth-order valence-corrected chi connectivity index (χ4v) is 7.09. The number of hydrogen-bond donors (Lipinski definition) is 1. The first-order valence-corrected chi connectivity index (χ1v) is 15.2. The maximum absolute atomic E-state index is 14.4. The number of nitrogens with zero attached hydrogens (tertiary/aromatic N) is 6. The summed E-state index contributed by atoms with van der Waals surface area (Å²) < 4.78 is 16.5. The van der Waals surface area contributed by atoms with Gasteiger partial charge in [0.2, 0.25) is 0 Å². The first-order chi connectivity index (χ1) is 20.1. The van der Waals surface area contributed by atoms with Gasteiger partial charge in [-0.1, -0.05) is 30.3 Å². The van der Waals surface area contributed by atoms with Gasteiger partial charge in [-0.15, -0.1) is 0 Å². The summed E-state index contributed by atoms with van der Waals surface area (Å²) >= 11 is 0. The second kappa shape index (κ2) is 12.3. The van der Waals surface area contributed by atoms with Gasteiger partial charge < -0.3 is 19.7 Å². The number of aromatic amines is 1. The summed E-state index contributed by atoms with van der Waals surface area (Å²) in [5, 5.41) is 9.67. The number of hydrogen-bond acceptors (Lipinski definition) is 6. The van der Waals surface area contributed by atoms with Crippen LogP contribution in [0.5, 0.6) is 0 Å². The minimum Gasteiger partial charge on any atom is -0.369 e. The molecule has 0 radical (unpaired) electrons. The predicted octanol–water partition coefficient (Wildman–Crippen LogP) is 4.19. The SMILES string of the molecule is CN1CCN(c2ccc(S(=O)N3Cc4cc(C#N)ccc4N(Cc4cnc[nH]4)C[C@H]3Cc3ccccc3)cc2)CC1. The number of likely N-dealkylation sites (N-methyl/N-ethyl adjacent to an activating group) is 1. The first-order valence-electron chi connectivity index (χ1n) is 14.1. The highest BCUT2D eigenvalue weighted by Crippen LogP contribution is 2.33. The molecule has 210 valence electrons. The van der Waals surface area contributed by atoms with Crippen molar-refractivity contribution in [2.24, 2.45) is 0 Å². The number of nitriles is 1. The smallest absolute Gasteiger partial charge is 0.128 e. The quantitative estimate of drug-likeness (QED) is 0.362. The van der Waals surface area contributed by atoms with Gasteiger partial charge in [-0.25, -0.2) is 13.5 Å². The summed E-state index contributed by atoms with van der Waals surface area (Å²) in [6, 6.07) is 26.8. The highest BCUT2D eigenvalue weighted by Gasteiger charge is 2.32. The standard InChI is InChI=1S/C32H35N7OS/c1-36-13-15-37(16-14-36)29-8-10-31(11-9-29)41(40)39-21-27-17-26(19-33)7-12-32(27)38(22-28-20-34-24-35-28)23-30(39)18-25-5-3-2-4-6-25/h2-12,17,20,24,30H,13-16,18,21-23H2,1H3,(H,34,35)/t30-,41?/m1/s1. The summed E-state index contributed by atoms with van der Waals surface area (Å²) in [5.41, 5.74) is 6.05. The zero-order valence-electron chi connectivity index (χ0n) is 23.3. The van der Waals surface area contributed by atoms with Crippen molar-refractivity contribution in [1.82, 2.24) is 19.2 Å². The molecule has 9 heteroatoms. The number of fused-ring (bicyclic) bond motifs is 1. The Labute approximate surface area is 244 Å². The van der Waals surface area contributed by atoms with E-state index in [2.05, 4.69) is 78.5 Å². The van der Waals surface area contributed by atoms with Gasteiger partial charge >= 0.3 is 0 Å². The Bertz CT molecular complexity index is 1510. The summed E-state index contributed by atoms with van der Waals surface area (Å²) in [4.78, 5) is 15.3. The van der Waals surface area contributed by atoms with Crippen LogP contribution < -0.4 is 9.80 Å². The van der Waals surface area contributed by atoms with Gasteiger partial charge in [-0.05, 0) is 67.1 Å². The molecule has 1 N–H and O–H groups in total. The number of H-pyrrole nitrogens is 1. The number of piperazine rings is 1. The van der Waals surface area contributed by atoms with Gasteiger partial charge in [0.1, 0.15) is 11.0 Å². The lowest BCUT2D eigenvalue weighted by Gasteiger charge is -2.34. The van der Waals surface area contributed by atoms with E-state index in [0.29, 0.717) is 25.2 Å². The summed E-state index contributed by atoms with van der Waals surface area (Å²) in [7, 11) is 0.761. The molecule has 8 nitrogen and oxygen atoms in total. The number of nitrogens with one attached hydrogen (secondary N) is 1. The van der Waals surface area contributed by atoms with Crippen LogP contribution in [0.4, 0.5) is 11.4 Å². The van der Waals surface area contributed by atoms with E-state index in [-0.39, 0.29) is 6.04 Å². The summed E-state index contributed by atoms with van der Waals surface area (Å²) in [6.07, 6.45) is 4.30. The van der Waals surface area contributed by atoms with E-state index < -0.39 is 11.0 Å². The third-order valence-corrected chi connectivity index (χ3v) is 9.59. The Morgan fingerprint density at radius 1 is 1.02 bits per heavy atom. The van der Waals surface area contributed by atoms with E-state index in [4.69, 9.17) is 0 Å². The van der Waals surface area contributed by atoms with Crippen LogP contribution in [0.2, 0.25) is 0 Å². The summed E-state index contributed by atoms with van der Waals surface area (Å²) in [6.45, 7) is 5.88. The van der Waals surface area contributed by atoms with Gasteiger partial charge in [0.05, 0.1) is 35.1 Å². The van der Waals surface area contributed by atoms with Gasteiger partial charge in [0.15, 0.2) is 0 Å². The molecule has 0 amide bonds. The second-order valence-electron chi connectivity index (χ2n) is 10.9. The Hall–Kier alpha value is -3.97. The molecule has 1 aromatic heterocycles. The Morgan fingerprint density at radius 3 is 2.51 bits per heavy atom. The third-order valence-electron chi connectivity index (χ3n) is 8.06. The molecule has 0 aliphatic carbocycles. The van der Waals surface area contributed by atoms with Crippen LogP contribution in [0.15, 0.2) is 90.2 Å². The molecule has 0 saturated carbocycles. The predicted molar refractivity (Wildman–Crippen MR) is 163 cm³/mol. The molecule has 1 unspecified atom stereocenters. The minimum absolute atomic E-state index is 0.0311. The van der Waals surface area contributed by atoms with Crippen LogP contribution in [0.1, 0.15) is 22.4 Å². The molecule has 1 saturated heterocycles. The van der Waals surface area contributed by atoms with Crippen molar-refractivity contribution < 1.29 is 4.21 Å². The fraction of sp³-hybridized carbons (Fsp3) is 0.312. The average Bonchev–Trinajstić information content (AvgIpc) is 3.48. The lowest BCUT2D eigenvalue weighted by atomic mass is 10.1. The number of imidazole rings is 1. The van der Waals surface area contributed by atoms with Crippen molar-refractivity contribution in [2.75, 3.05) is 49.6 Å². The molecular formula is C32H35N7OS. The Kier molecular flexibility index (Phi) is 8.14. The number of rotatable bonds is 7. The molecule has 4 aromatic rings. The van der Waals surface area contributed by atoms with Crippen LogP contribution >= 0.6 is 0 Å². The van der Waals surface area contributed by atoms with Gasteiger partial charge in [0.25, 0.3) is 0 Å². The third kappa shape index (κ3) is 6.20. The highest BCUT2D eigenvalue weighted by atomic mass is 32.2.